The van der Waals surface area contributed by atoms with Crippen molar-refractivity contribution in [3.05, 3.63) is 84.9 Å². The van der Waals surface area contributed by atoms with Crippen LogP contribution in [0.4, 0.5) is 17.1 Å². The van der Waals surface area contributed by atoms with Crippen molar-refractivity contribution < 1.29 is 36.2 Å². The second-order valence-corrected chi connectivity index (χ2v) is 10.8. The summed E-state index contributed by atoms with van der Waals surface area (Å²) in [5, 5.41) is 0.842. The van der Waals surface area contributed by atoms with Gasteiger partial charge in [0, 0.05) is 10.8 Å². The second-order valence-electron chi connectivity index (χ2n) is 8.12. The molecule has 0 aliphatic heterocycles. The number of carbonyl (C=O) groups excluding carboxylic acids is 1. The van der Waals surface area contributed by atoms with E-state index in [1.54, 1.807) is 48.5 Å². The molecule has 0 saturated carbocycles. The van der Waals surface area contributed by atoms with Gasteiger partial charge in [0.2, 0.25) is 0 Å². The Morgan fingerprint density at radius 1 is 0.795 bits per heavy atom. The number of rotatable bonds is 10. The van der Waals surface area contributed by atoms with Gasteiger partial charge in [-0.05, 0) is 60.7 Å². The molecular formula is C27H25N2O8S2-. The van der Waals surface area contributed by atoms with Crippen molar-refractivity contribution in [2.45, 2.75) is 4.90 Å². The highest BCUT2D eigenvalue weighted by molar-refractivity contribution is 7.92. The Kier molecular flexibility index (Phi) is 8.38. The number of ether oxygens (including phenoxy) is 3. The predicted molar refractivity (Wildman–Crippen MR) is 148 cm³/mol. The van der Waals surface area contributed by atoms with Crippen LogP contribution in [0.5, 0.6) is 11.5 Å². The molecule has 0 saturated heterocycles. The first-order chi connectivity index (χ1) is 18.7. The fraction of sp³-hybridized carbons (Fsp3) is 0.148. The van der Waals surface area contributed by atoms with Crippen LogP contribution in [0, 0.1) is 0 Å². The molecule has 0 aromatic heterocycles. The largest absolute Gasteiger partial charge is 0.755 e. The maximum Gasteiger partial charge on any atom is 0.326 e. The normalized spacial score (nSPS) is 12.0. The van der Waals surface area contributed by atoms with Gasteiger partial charge in [0.25, 0.3) is 10.0 Å². The van der Waals surface area contributed by atoms with Crippen LogP contribution < -0.4 is 18.1 Å². The van der Waals surface area contributed by atoms with E-state index in [1.165, 1.54) is 50.6 Å². The molecule has 12 heteroatoms. The van der Waals surface area contributed by atoms with Gasteiger partial charge in [-0.25, -0.2) is 8.42 Å². The molecule has 0 N–H and O–H groups in total. The van der Waals surface area contributed by atoms with Crippen molar-refractivity contribution in [1.29, 1.82) is 0 Å². The third kappa shape index (κ3) is 5.67. The average Bonchev–Trinajstić information content (AvgIpc) is 2.96. The zero-order valence-corrected chi connectivity index (χ0v) is 22.9. The van der Waals surface area contributed by atoms with Crippen molar-refractivity contribution in [2.75, 3.05) is 36.5 Å². The fourth-order valence-corrected chi connectivity index (χ4v) is 6.08. The van der Waals surface area contributed by atoms with E-state index in [1.807, 2.05) is 0 Å². The van der Waals surface area contributed by atoms with Crippen molar-refractivity contribution in [3.63, 3.8) is 0 Å². The first-order valence-electron chi connectivity index (χ1n) is 11.5. The minimum atomic E-state index is -4.26. The Hall–Kier alpha value is -4.13. The van der Waals surface area contributed by atoms with Crippen LogP contribution in [0.3, 0.4) is 0 Å². The van der Waals surface area contributed by atoms with Gasteiger partial charge in [0.15, 0.2) is 0 Å². The number of benzene rings is 4. The smallest absolute Gasteiger partial charge is 0.326 e. The molecule has 0 spiro atoms. The Balaban J connectivity index is 1.91. The van der Waals surface area contributed by atoms with E-state index in [9.17, 15) is 22.0 Å². The molecule has 4 rings (SSSR count). The summed E-state index contributed by atoms with van der Waals surface area (Å²) < 4.78 is 69.5. The molecule has 0 radical (unpaired) electrons. The molecule has 39 heavy (non-hydrogen) atoms. The molecule has 0 bridgehead atoms. The Bertz CT molecular complexity index is 1610. The Morgan fingerprint density at radius 2 is 1.31 bits per heavy atom. The SMILES string of the molecule is COC(=O)CN(c1ccc(N(c2ccc(OC)cc2)S(=O)[O-])c2ccccc12)S(=O)(=O)c1ccc(OC)cc1. The minimum Gasteiger partial charge on any atom is -0.755 e. The zero-order chi connectivity index (χ0) is 28.2. The van der Waals surface area contributed by atoms with Gasteiger partial charge in [-0.2, -0.15) is 0 Å². The van der Waals surface area contributed by atoms with Gasteiger partial charge in [-0.1, -0.05) is 24.3 Å². The second kappa shape index (κ2) is 11.7. The van der Waals surface area contributed by atoms with Crippen LogP contribution in [0.1, 0.15) is 0 Å². The van der Waals surface area contributed by atoms with E-state index in [0.29, 0.717) is 28.0 Å². The quantitative estimate of drug-likeness (QED) is 0.206. The lowest BCUT2D eigenvalue weighted by molar-refractivity contribution is -0.138. The highest BCUT2D eigenvalue weighted by Gasteiger charge is 2.30. The summed E-state index contributed by atoms with van der Waals surface area (Å²) in [4.78, 5) is 12.3. The lowest BCUT2D eigenvalue weighted by Crippen LogP contribution is -2.36. The van der Waals surface area contributed by atoms with Crippen molar-refractivity contribution in [1.82, 2.24) is 0 Å². The molecular weight excluding hydrogens is 544 g/mol. The lowest BCUT2D eigenvalue weighted by atomic mass is 10.1. The van der Waals surface area contributed by atoms with E-state index in [0.717, 1.165) is 15.7 Å². The Labute approximate surface area is 228 Å². The zero-order valence-electron chi connectivity index (χ0n) is 21.3. The number of esters is 1. The van der Waals surface area contributed by atoms with Crippen LogP contribution in [-0.2, 0) is 30.8 Å². The topological polar surface area (TPSA) is 126 Å². The van der Waals surface area contributed by atoms with Gasteiger partial charge in [-0.3, -0.25) is 17.6 Å². The third-order valence-corrected chi connectivity index (χ3v) is 8.45. The monoisotopic (exact) mass is 569 g/mol. The molecule has 204 valence electrons. The molecule has 0 aliphatic carbocycles. The minimum absolute atomic E-state index is 0.0686. The molecule has 4 aromatic carbocycles. The third-order valence-electron chi connectivity index (χ3n) is 5.97. The van der Waals surface area contributed by atoms with E-state index in [-0.39, 0.29) is 16.3 Å². The number of hydrogen-bond donors (Lipinski definition) is 0. The van der Waals surface area contributed by atoms with Gasteiger partial charge >= 0.3 is 5.97 Å². The molecule has 0 amide bonds. The first kappa shape index (κ1) is 27.9. The Morgan fingerprint density at radius 3 is 1.82 bits per heavy atom. The number of fused-ring (bicyclic) bond motifs is 1. The predicted octanol–water partition coefficient (Wildman–Crippen LogP) is 4.16. The van der Waals surface area contributed by atoms with E-state index in [4.69, 9.17) is 14.2 Å². The maximum absolute atomic E-state index is 13.8. The summed E-state index contributed by atoms with van der Waals surface area (Å²) >= 11 is -2.72. The highest BCUT2D eigenvalue weighted by atomic mass is 32.2. The average molecular weight is 570 g/mol. The van der Waals surface area contributed by atoms with Crippen LogP contribution in [0.15, 0.2) is 89.8 Å². The molecule has 1 unspecified atom stereocenters. The summed E-state index contributed by atoms with van der Waals surface area (Å²) in [6, 6.07) is 21.9. The van der Waals surface area contributed by atoms with Crippen molar-refractivity contribution in [3.8, 4) is 11.5 Å². The van der Waals surface area contributed by atoms with Gasteiger partial charge in [-0.15, -0.1) is 0 Å². The molecule has 0 fully saturated rings. The number of anilines is 3. The van der Waals surface area contributed by atoms with E-state index < -0.39 is 33.8 Å². The highest BCUT2D eigenvalue weighted by Crippen LogP contribution is 2.40. The summed E-state index contributed by atoms with van der Waals surface area (Å²) in [6.07, 6.45) is 0. The summed E-state index contributed by atoms with van der Waals surface area (Å²) in [6.45, 7) is -0.607. The number of sulfonamides is 1. The van der Waals surface area contributed by atoms with E-state index >= 15 is 0 Å². The number of hydrogen-bond acceptors (Lipinski definition) is 8. The van der Waals surface area contributed by atoms with Crippen LogP contribution >= 0.6 is 0 Å². The first-order valence-corrected chi connectivity index (χ1v) is 14.0. The molecule has 0 aliphatic rings. The summed E-state index contributed by atoms with van der Waals surface area (Å²) in [7, 11) is -0.125. The molecule has 1 atom stereocenters. The molecule has 10 nitrogen and oxygen atoms in total. The summed E-state index contributed by atoms with van der Waals surface area (Å²) in [5.74, 6) is 0.242. The molecule has 4 aromatic rings. The van der Waals surface area contributed by atoms with Gasteiger partial charge in [0.1, 0.15) is 18.0 Å². The van der Waals surface area contributed by atoms with E-state index in [2.05, 4.69) is 0 Å². The van der Waals surface area contributed by atoms with Crippen molar-refractivity contribution >= 4 is 55.1 Å². The lowest BCUT2D eigenvalue weighted by Gasteiger charge is -2.30. The number of methoxy groups -OCH3 is 3. The summed E-state index contributed by atoms with van der Waals surface area (Å²) in [5.41, 5.74) is 0.800. The fourth-order valence-electron chi connectivity index (χ4n) is 4.04. The van der Waals surface area contributed by atoms with Crippen LogP contribution in [-0.4, -0.2) is 51.0 Å². The number of nitrogens with zero attached hydrogens (tertiary/aromatic N) is 2. The van der Waals surface area contributed by atoms with Crippen LogP contribution in [0.25, 0.3) is 10.8 Å². The van der Waals surface area contributed by atoms with Crippen molar-refractivity contribution in [2.24, 2.45) is 0 Å². The van der Waals surface area contributed by atoms with Gasteiger partial charge in [0.05, 0.1) is 54.6 Å². The standard InChI is InChI=1S/C27H26N2O8S2/c1-35-20-10-8-19(9-11-20)29(38(31)32)26-17-16-25(23-6-4-5-7-24(23)26)28(18-27(30)37-3)39(33,34)22-14-12-21(36-2)13-15-22/h4-17H,18H2,1-3H3,(H,31,32)/p-1. The molecule has 0 heterocycles. The van der Waals surface area contributed by atoms with Crippen LogP contribution in [0.2, 0.25) is 0 Å². The number of carbonyl (C=O) groups is 1. The van der Waals surface area contributed by atoms with Gasteiger partial charge < -0.3 is 18.8 Å². The maximum atomic E-state index is 13.8.